The number of rotatable bonds is 7. The van der Waals surface area contributed by atoms with Gasteiger partial charge in [-0.15, -0.1) is 10.2 Å². The molecular formula is C30H29F2N7O4S. The molecule has 0 saturated carbocycles. The monoisotopic (exact) mass is 621 g/mol. The van der Waals surface area contributed by atoms with E-state index in [2.05, 4.69) is 15.2 Å². The van der Waals surface area contributed by atoms with Crippen molar-refractivity contribution in [2.45, 2.75) is 62.9 Å². The van der Waals surface area contributed by atoms with Crippen LogP contribution in [0.3, 0.4) is 0 Å². The fraction of sp³-hybridized carbons (Fsp3) is 0.367. The number of carbonyl (C=O) groups is 1. The minimum atomic E-state index is -4.04. The third-order valence-corrected chi connectivity index (χ3v) is 10.4. The second kappa shape index (κ2) is 11.2. The number of fused-ring (bicyclic) bond motifs is 4. The van der Waals surface area contributed by atoms with Crippen molar-refractivity contribution in [2.24, 2.45) is 0 Å². The maximum absolute atomic E-state index is 14.0. The molecule has 0 amide bonds. The van der Waals surface area contributed by atoms with E-state index in [1.54, 1.807) is 19.1 Å². The predicted octanol–water partition coefficient (Wildman–Crippen LogP) is 4.33. The summed E-state index contributed by atoms with van der Waals surface area (Å²) in [5.41, 5.74) is 3.63. The first-order chi connectivity index (χ1) is 21.0. The maximum atomic E-state index is 14.0. The summed E-state index contributed by atoms with van der Waals surface area (Å²) in [5, 5.41) is 26.8. The average Bonchev–Trinajstić information content (AvgIpc) is 3.63. The van der Waals surface area contributed by atoms with Crippen LogP contribution < -0.4 is 4.90 Å². The molecular weight excluding hydrogens is 592 g/mol. The van der Waals surface area contributed by atoms with Gasteiger partial charge in [-0.3, -0.25) is 9.20 Å². The molecule has 228 valence electrons. The van der Waals surface area contributed by atoms with E-state index in [1.165, 1.54) is 27.2 Å². The van der Waals surface area contributed by atoms with Crippen LogP contribution in [0.15, 0.2) is 47.6 Å². The zero-order chi connectivity index (χ0) is 31.3. The van der Waals surface area contributed by atoms with Gasteiger partial charge in [0, 0.05) is 44.0 Å². The topological polar surface area (TPSA) is 145 Å². The van der Waals surface area contributed by atoms with E-state index in [0.717, 1.165) is 18.4 Å². The normalized spacial score (nSPS) is 18.5. The number of anilines is 1. The number of carboxylic acid groups (broad SMARTS) is 1. The number of halogens is 2. The molecule has 2 atom stereocenters. The summed E-state index contributed by atoms with van der Waals surface area (Å²) in [6.07, 6.45) is 1.38. The van der Waals surface area contributed by atoms with Crippen LogP contribution in [0.1, 0.15) is 70.8 Å². The molecule has 3 aromatic heterocycles. The SMILES string of the molecule is Cc1ccc(C(CC(=O)O)c2ccn3c(C(F)F)nnc3c2C)cc1CN1C[C@@H]2CCCN2c2ncc(C#N)cc2S1(=O)=O. The molecule has 1 N–H and O–H groups in total. The lowest BCUT2D eigenvalue weighted by molar-refractivity contribution is -0.137. The Morgan fingerprint density at radius 1 is 1.20 bits per heavy atom. The van der Waals surface area contributed by atoms with E-state index in [0.29, 0.717) is 34.6 Å². The quantitative estimate of drug-likeness (QED) is 0.319. The second-order valence-corrected chi connectivity index (χ2v) is 13.1. The molecule has 1 unspecified atom stereocenters. The Kier molecular flexibility index (Phi) is 7.54. The highest BCUT2D eigenvalue weighted by Gasteiger charge is 2.40. The number of aliphatic carboxylic acids is 1. The van der Waals surface area contributed by atoms with E-state index < -0.39 is 34.2 Å². The highest BCUT2D eigenvalue weighted by molar-refractivity contribution is 7.89. The summed E-state index contributed by atoms with van der Waals surface area (Å²) < 4.78 is 57.6. The van der Waals surface area contributed by atoms with Crippen LogP contribution in [0.4, 0.5) is 14.6 Å². The van der Waals surface area contributed by atoms with Gasteiger partial charge in [0.25, 0.3) is 6.43 Å². The largest absolute Gasteiger partial charge is 0.481 e. The molecule has 44 heavy (non-hydrogen) atoms. The van der Waals surface area contributed by atoms with E-state index >= 15 is 0 Å². The van der Waals surface area contributed by atoms with Crippen molar-refractivity contribution in [2.75, 3.05) is 18.0 Å². The van der Waals surface area contributed by atoms with Crippen LogP contribution in [-0.2, 0) is 21.4 Å². The predicted molar refractivity (Wildman–Crippen MR) is 155 cm³/mol. The standard InChI is InChI=1S/C30H29F2N7O4S/c1-17-5-6-20(24(12-26(40)41)23-7-9-39-28(18(23)2)35-36-30(39)27(31)32)11-21(17)15-37-16-22-4-3-8-38(22)29-25(44(37,42)43)10-19(13-33)14-34-29/h5-7,9-11,14,22,24,27H,3-4,8,12,15-16H2,1-2H3,(H,40,41)/t22-,24?/m0/s1. The Balaban J connectivity index is 1.41. The van der Waals surface area contributed by atoms with Gasteiger partial charge in [0.2, 0.25) is 15.8 Å². The van der Waals surface area contributed by atoms with Crippen molar-refractivity contribution < 1.29 is 27.1 Å². The van der Waals surface area contributed by atoms with Crippen molar-refractivity contribution in [3.63, 3.8) is 0 Å². The molecule has 5 heterocycles. The van der Waals surface area contributed by atoms with E-state index in [4.69, 9.17) is 0 Å². The number of sulfonamides is 1. The van der Waals surface area contributed by atoms with Crippen LogP contribution in [0.5, 0.6) is 0 Å². The van der Waals surface area contributed by atoms with Crippen LogP contribution in [0, 0.1) is 25.2 Å². The third-order valence-electron chi connectivity index (χ3n) is 8.61. The first-order valence-electron chi connectivity index (χ1n) is 14.1. The third kappa shape index (κ3) is 5.05. The molecule has 0 aliphatic carbocycles. The number of nitrogens with zero attached hydrogens (tertiary/aromatic N) is 7. The molecule has 1 fully saturated rings. The van der Waals surface area contributed by atoms with Gasteiger partial charge in [-0.2, -0.15) is 9.57 Å². The lowest BCUT2D eigenvalue weighted by Gasteiger charge is -2.26. The highest BCUT2D eigenvalue weighted by Crippen LogP contribution is 2.38. The number of carboxylic acids is 1. The molecule has 11 nitrogen and oxygen atoms in total. The number of aryl methyl sites for hydroxylation is 2. The van der Waals surface area contributed by atoms with Gasteiger partial charge in [0.05, 0.1) is 12.0 Å². The number of pyridine rings is 2. The van der Waals surface area contributed by atoms with Gasteiger partial charge in [-0.1, -0.05) is 18.2 Å². The van der Waals surface area contributed by atoms with Gasteiger partial charge >= 0.3 is 5.97 Å². The van der Waals surface area contributed by atoms with Crippen molar-refractivity contribution in [3.8, 4) is 6.07 Å². The molecule has 2 aliphatic rings. The Bertz CT molecular complexity index is 1940. The summed E-state index contributed by atoms with van der Waals surface area (Å²) in [7, 11) is -4.04. The van der Waals surface area contributed by atoms with Gasteiger partial charge in [-0.05, 0) is 66.6 Å². The van der Waals surface area contributed by atoms with Crippen LogP contribution in [0.2, 0.25) is 0 Å². The number of benzene rings is 1. The Hall–Kier alpha value is -4.48. The lowest BCUT2D eigenvalue weighted by Crippen LogP contribution is -2.39. The van der Waals surface area contributed by atoms with E-state index in [9.17, 15) is 32.4 Å². The molecule has 14 heteroatoms. The zero-order valence-corrected chi connectivity index (χ0v) is 24.8. The van der Waals surface area contributed by atoms with Gasteiger partial charge in [-0.25, -0.2) is 22.2 Å². The van der Waals surface area contributed by atoms with Gasteiger partial charge in [0.1, 0.15) is 16.8 Å². The first-order valence-corrected chi connectivity index (χ1v) is 15.5. The van der Waals surface area contributed by atoms with Crippen molar-refractivity contribution in [1.29, 1.82) is 5.26 Å². The smallest absolute Gasteiger partial charge is 0.304 e. The van der Waals surface area contributed by atoms with Crippen LogP contribution in [0.25, 0.3) is 5.65 Å². The first kappa shape index (κ1) is 29.6. The number of aromatic nitrogens is 4. The Morgan fingerprint density at radius 2 is 2.00 bits per heavy atom. The number of alkyl halides is 2. The molecule has 0 spiro atoms. The fourth-order valence-electron chi connectivity index (χ4n) is 6.32. The summed E-state index contributed by atoms with van der Waals surface area (Å²) in [6.45, 7) is 4.48. The molecule has 4 aromatic rings. The summed E-state index contributed by atoms with van der Waals surface area (Å²) in [6, 6.07) is 10.3. The minimum Gasteiger partial charge on any atom is -0.481 e. The molecule has 1 saturated heterocycles. The van der Waals surface area contributed by atoms with Crippen molar-refractivity contribution in [1.82, 2.24) is 23.9 Å². The Labute approximate surface area is 252 Å². The zero-order valence-electron chi connectivity index (χ0n) is 24.0. The molecule has 0 radical (unpaired) electrons. The minimum absolute atomic E-state index is 0.00101. The molecule has 1 aromatic carbocycles. The van der Waals surface area contributed by atoms with Crippen molar-refractivity contribution >= 4 is 27.5 Å². The fourth-order valence-corrected chi connectivity index (χ4v) is 7.95. The summed E-state index contributed by atoms with van der Waals surface area (Å²) >= 11 is 0. The van der Waals surface area contributed by atoms with Crippen molar-refractivity contribution in [3.05, 3.63) is 81.9 Å². The maximum Gasteiger partial charge on any atom is 0.304 e. The number of hydrogen-bond donors (Lipinski definition) is 1. The lowest BCUT2D eigenvalue weighted by atomic mass is 9.85. The number of hydrogen-bond acceptors (Lipinski definition) is 8. The van der Waals surface area contributed by atoms with Gasteiger partial charge in [0.15, 0.2) is 5.65 Å². The highest BCUT2D eigenvalue weighted by atomic mass is 32.2. The Morgan fingerprint density at radius 3 is 2.73 bits per heavy atom. The average molecular weight is 622 g/mol. The van der Waals surface area contributed by atoms with Gasteiger partial charge < -0.3 is 10.0 Å². The van der Waals surface area contributed by atoms with E-state index in [-0.39, 0.29) is 41.7 Å². The molecule has 0 bridgehead atoms. The number of nitriles is 1. The van der Waals surface area contributed by atoms with Crippen LogP contribution >= 0.6 is 0 Å². The molecule has 6 rings (SSSR count). The summed E-state index contributed by atoms with van der Waals surface area (Å²) in [5.74, 6) is -1.87. The van der Waals surface area contributed by atoms with Crippen LogP contribution in [-0.4, -0.2) is 62.5 Å². The summed E-state index contributed by atoms with van der Waals surface area (Å²) in [4.78, 5) is 18.4. The van der Waals surface area contributed by atoms with E-state index in [1.807, 2.05) is 30.0 Å². The second-order valence-electron chi connectivity index (χ2n) is 11.2. The molecule has 2 aliphatic heterocycles.